The molecule has 0 atom stereocenters. The second kappa shape index (κ2) is 4.04. The number of benzene rings is 1. The summed E-state index contributed by atoms with van der Waals surface area (Å²) < 4.78 is 17.5. The van der Waals surface area contributed by atoms with Crippen molar-refractivity contribution >= 4 is 6.29 Å². The Kier molecular flexibility index (Phi) is 2.58. The molecule has 0 bridgehead atoms. The van der Waals surface area contributed by atoms with Crippen LogP contribution in [0.15, 0.2) is 34.9 Å². The molecule has 0 saturated heterocycles. The summed E-state index contributed by atoms with van der Waals surface area (Å²) in [5.74, 6) is 0.314. The fourth-order valence-electron chi connectivity index (χ4n) is 1.27. The van der Waals surface area contributed by atoms with Gasteiger partial charge in [-0.05, 0) is 17.7 Å². The average Bonchev–Trinajstić information content (AvgIpc) is 2.69. The SMILES string of the molecule is O=Cc1cc(Cc2ccc(F)cc2)on1. The molecule has 76 valence electrons. The maximum absolute atomic E-state index is 12.6. The summed E-state index contributed by atoms with van der Waals surface area (Å²) >= 11 is 0. The van der Waals surface area contributed by atoms with Crippen LogP contribution in [0.2, 0.25) is 0 Å². The van der Waals surface area contributed by atoms with E-state index >= 15 is 0 Å². The van der Waals surface area contributed by atoms with Gasteiger partial charge in [-0.15, -0.1) is 0 Å². The van der Waals surface area contributed by atoms with E-state index in [4.69, 9.17) is 4.52 Å². The zero-order chi connectivity index (χ0) is 10.7. The lowest BCUT2D eigenvalue weighted by Gasteiger charge is -1.96. The minimum Gasteiger partial charge on any atom is -0.360 e. The predicted molar refractivity (Wildman–Crippen MR) is 51.1 cm³/mol. The van der Waals surface area contributed by atoms with Crippen LogP contribution in [0.1, 0.15) is 21.8 Å². The number of carbonyl (C=O) groups excluding carboxylic acids is 1. The zero-order valence-electron chi connectivity index (χ0n) is 7.81. The first-order valence-corrected chi connectivity index (χ1v) is 4.43. The number of aldehydes is 1. The minimum absolute atomic E-state index is 0.270. The van der Waals surface area contributed by atoms with Crippen molar-refractivity contribution in [1.29, 1.82) is 0 Å². The van der Waals surface area contributed by atoms with Gasteiger partial charge in [-0.3, -0.25) is 4.79 Å². The monoisotopic (exact) mass is 205 g/mol. The van der Waals surface area contributed by atoms with Crippen molar-refractivity contribution in [3.63, 3.8) is 0 Å². The van der Waals surface area contributed by atoms with E-state index < -0.39 is 0 Å². The van der Waals surface area contributed by atoms with Gasteiger partial charge in [-0.25, -0.2) is 4.39 Å². The molecule has 0 aliphatic heterocycles. The number of halogens is 1. The lowest BCUT2D eigenvalue weighted by molar-refractivity contribution is 0.111. The van der Waals surface area contributed by atoms with Crippen LogP contribution in [-0.4, -0.2) is 11.4 Å². The fourth-order valence-corrected chi connectivity index (χ4v) is 1.27. The maximum Gasteiger partial charge on any atom is 0.171 e. The Balaban J connectivity index is 2.14. The minimum atomic E-state index is -0.273. The van der Waals surface area contributed by atoms with Crippen molar-refractivity contribution in [1.82, 2.24) is 5.16 Å². The highest BCUT2D eigenvalue weighted by molar-refractivity contribution is 5.71. The van der Waals surface area contributed by atoms with Crippen LogP contribution in [0.25, 0.3) is 0 Å². The Morgan fingerprint density at radius 2 is 2.07 bits per heavy atom. The van der Waals surface area contributed by atoms with E-state index in [0.29, 0.717) is 18.5 Å². The number of hydrogen-bond acceptors (Lipinski definition) is 3. The van der Waals surface area contributed by atoms with Crippen molar-refractivity contribution in [2.45, 2.75) is 6.42 Å². The van der Waals surface area contributed by atoms with E-state index in [0.717, 1.165) is 5.56 Å². The smallest absolute Gasteiger partial charge is 0.171 e. The molecule has 0 saturated carbocycles. The van der Waals surface area contributed by atoms with Crippen LogP contribution in [0.4, 0.5) is 4.39 Å². The first-order chi connectivity index (χ1) is 7.28. The molecular weight excluding hydrogens is 197 g/mol. The molecule has 0 aliphatic carbocycles. The Bertz CT molecular complexity index is 462. The molecular formula is C11H8FNO2. The Hall–Kier alpha value is -1.97. The van der Waals surface area contributed by atoms with Crippen LogP contribution in [0.5, 0.6) is 0 Å². The molecule has 2 aromatic rings. The Morgan fingerprint density at radius 1 is 1.33 bits per heavy atom. The summed E-state index contributed by atoms with van der Waals surface area (Å²) in [5.41, 5.74) is 1.18. The van der Waals surface area contributed by atoms with Crippen molar-refractivity contribution in [2.75, 3.05) is 0 Å². The molecule has 0 unspecified atom stereocenters. The number of hydrogen-bond donors (Lipinski definition) is 0. The second-order valence-electron chi connectivity index (χ2n) is 3.14. The summed E-state index contributed by atoms with van der Waals surface area (Å²) in [6.45, 7) is 0. The topological polar surface area (TPSA) is 43.1 Å². The van der Waals surface area contributed by atoms with Crippen LogP contribution in [-0.2, 0) is 6.42 Å². The van der Waals surface area contributed by atoms with Gasteiger partial charge >= 0.3 is 0 Å². The lowest BCUT2D eigenvalue weighted by atomic mass is 10.1. The number of aromatic nitrogens is 1. The molecule has 1 aromatic heterocycles. The third-order valence-electron chi connectivity index (χ3n) is 1.99. The third kappa shape index (κ3) is 2.28. The number of nitrogens with zero attached hydrogens (tertiary/aromatic N) is 1. The highest BCUT2D eigenvalue weighted by Crippen LogP contribution is 2.10. The molecule has 1 aromatic carbocycles. The maximum atomic E-state index is 12.6. The fraction of sp³-hybridized carbons (Fsp3) is 0.0909. The third-order valence-corrected chi connectivity index (χ3v) is 1.99. The largest absolute Gasteiger partial charge is 0.360 e. The molecule has 3 nitrogen and oxygen atoms in total. The number of carbonyl (C=O) groups is 1. The average molecular weight is 205 g/mol. The van der Waals surface area contributed by atoms with Crippen LogP contribution in [0, 0.1) is 5.82 Å². The first-order valence-electron chi connectivity index (χ1n) is 4.43. The van der Waals surface area contributed by atoms with E-state index in [1.54, 1.807) is 18.2 Å². The van der Waals surface area contributed by atoms with Gasteiger partial charge in [0.2, 0.25) is 0 Å². The van der Waals surface area contributed by atoms with Gasteiger partial charge in [0, 0.05) is 12.5 Å². The van der Waals surface area contributed by atoms with Gasteiger partial charge in [0.1, 0.15) is 17.3 Å². The van der Waals surface area contributed by atoms with Gasteiger partial charge in [-0.1, -0.05) is 17.3 Å². The number of rotatable bonds is 3. The highest BCUT2D eigenvalue weighted by Gasteiger charge is 2.04. The molecule has 0 amide bonds. The van der Waals surface area contributed by atoms with E-state index in [1.165, 1.54) is 12.1 Å². The van der Waals surface area contributed by atoms with E-state index in [9.17, 15) is 9.18 Å². The van der Waals surface area contributed by atoms with Crippen molar-refractivity contribution < 1.29 is 13.7 Å². The summed E-state index contributed by atoms with van der Waals surface area (Å²) in [4.78, 5) is 10.3. The van der Waals surface area contributed by atoms with Crippen LogP contribution in [0.3, 0.4) is 0 Å². The zero-order valence-corrected chi connectivity index (χ0v) is 7.81. The molecule has 0 radical (unpaired) electrons. The van der Waals surface area contributed by atoms with Gasteiger partial charge in [-0.2, -0.15) is 0 Å². The molecule has 0 aliphatic rings. The second-order valence-corrected chi connectivity index (χ2v) is 3.14. The van der Waals surface area contributed by atoms with Crippen molar-refractivity contribution in [3.8, 4) is 0 Å². The molecule has 15 heavy (non-hydrogen) atoms. The van der Waals surface area contributed by atoms with Gasteiger partial charge < -0.3 is 4.52 Å². The quantitative estimate of drug-likeness (QED) is 0.721. The molecule has 0 spiro atoms. The van der Waals surface area contributed by atoms with E-state index in [-0.39, 0.29) is 11.5 Å². The molecule has 0 N–H and O–H groups in total. The Morgan fingerprint density at radius 3 is 2.67 bits per heavy atom. The standard InChI is InChI=1S/C11H8FNO2/c12-9-3-1-8(2-4-9)5-11-6-10(7-14)13-15-11/h1-4,6-7H,5H2. The first kappa shape index (κ1) is 9.58. The van der Waals surface area contributed by atoms with Crippen molar-refractivity contribution in [3.05, 3.63) is 53.2 Å². The summed E-state index contributed by atoms with van der Waals surface area (Å²) in [6.07, 6.45) is 1.12. The van der Waals surface area contributed by atoms with E-state index in [2.05, 4.69) is 5.16 Å². The van der Waals surface area contributed by atoms with Crippen LogP contribution >= 0.6 is 0 Å². The van der Waals surface area contributed by atoms with Gasteiger partial charge in [0.05, 0.1) is 0 Å². The Labute approximate surface area is 85.5 Å². The van der Waals surface area contributed by atoms with Crippen LogP contribution < -0.4 is 0 Å². The normalized spacial score (nSPS) is 10.2. The summed E-state index contributed by atoms with van der Waals surface area (Å²) in [6, 6.07) is 7.66. The molecule has 0 fully saturated rings. The lowest BCUT2D eigenvalue weighted by Crippen LogP contribution is -1.85. The van der Waals surface area contributed by atoms with Crippen molar-refractivity contribution in [2.24, 2.45) is 0 Å². The summed E-state index contributed by atoms with van der Waals surface area (Å²) in [7, 11) is 0. The highest BCUT2D eigenvalue weighted by atomic mass is 19.1. The molecule has 1 heterocycles. The molecule has 2 rings (SSSR count). The van der Waals surface area contributed by atoms with Gasteiger partial charge in [0.25, 0.3) is 0 Å². The summed E-state index contributed by atoms with van der Waals surface area (Å²) in [5, 5.41) is 3.53. The predicted octanol–water partition coefficient (Wildman–Crippen LogP) is 2.22. The molecule has 4 heteroatoms. The van der Waals surface area contributed by atoms with Gasteiger partial charge in [0.15, 0.2) is 6.29 Å². The van der Waals surface area contributed by atoms with E-state index in [1.807, 2.05) is 0 Å².